The molecule has 1 amide bonds. The van der Waals surface area contributed by atoms with Gasteiger partial charge in [-0.05, 0) is 36.1 Å². The molecular formula is C20H24ClNO4. The van der Waals surface area contributed by atoms with Crippen LogP contribution in [0, 0.1) is 6.92 Å². The Labute approximate surface area is 159 Å². The van der Waals surface area contributed by atoms with Gasteiger partial charge in [-0.3, -0.25) is 4.79 Å². The molecule has 140 valence electrons. The van der Waals surface area contributed by atoms with Gasteiger partial charge in [-0.25, -0.2) is 0 Å². The molecule has 0 atom stereocenters. The standard InChI is InChI=1S/C20H24ClNO4/c1-11(2)13-8-14(12(3)7-17(13)24-4)20(23)22-16-10-18(25-5)15(21)9-19(16)26-6/h7-11H,1-6H3,(H,22,23). The van der Waals surface area contributed by atoms with Gasteiger partial charge in [0.05, 0.1) is 32.0 Å². The van der Waals surface area contributed by atoms with Gasteiger partial charge in [0, 0.05) is 17.7 Å². The summed E-state index contributed by atoms with van der Waals surface area (Å²) in [5.41, 5.74) is 2.86. The Morgan fingerprint density at radius 3 is 2.12 bits per heavy atom. The first-order chi connectivity index (χ1) is 12.3. The van der Waals surface area contributed by atoms with Gasteiger partial charge in [0.25, 0.3) is 5.91 Å². The Hall–Kier alpha value is -2.40. The SMILES string of the molecule is COc1cc(NC(=O)c2cc(C(C)C)c(OC)cc2C)c(OC)cc1Cl. The molecule has 5 nitrogen and oxygen atoms in total. The molecule has 0 spiro atoms. The molecule has 0 saturated heterocycles. The zero-order valence-corrected chi connectivity index (χ0v) is 16.7. The minimum absolute atomic E-state index is 0.224. The molecule has 0 bridgehead atoms. The Kier molecular flexibility index (Phi) is 6.37. The van der Waals surface area contributed by atoms with Crippen LogP contribution in [-0.4, -0.2) is 27.2 Å². The van der Waals surface area contributed by atoms with Gasteiger partial charge >= 0.3 is 0 Å². The highest BCUT2D eigenvalue weighted by Crippen LogP contribution is 2.36. The highest BCUT2D eigenvalue weighted by Gasteiger charge is 2.18. The van der Waals surface area contributed by atoms with Crippen LogP contribution in [0.4, 0.5) is 5.69 Å². The van der Waals surface area contributed by atoms with Gasteiger partial charge in [-0.1, -0.05) is 25.4 Å². The fourth-order valence-corrected chi connectivity index (χ4v) is 2.95. The third-order valence-electron chi connectivity index (χ3n) is 4.17. The molecule has 1 N–H and O–H groups in total. The monoisotopic (exact) mass is 377 g/mol. The highest BCUT2D eigenvalue weighted by molar-refractivity contribution is 6.32. The van der Waals surface area contributed by atoms with Crippen molar-refractivity contribution in [1.82, 2.24) is 0 Å². The van der Waals surface area contributed by atoms with Crippen LogP contribution in [-0.2, 0) is 0 Å². The number of nitrogens with one attached hydrogen (secondary N) is 1. The molecule has 0 aromatic heterocycles. The van der Waals surface area contributed by atoms with Crippen molar-refractivity contribution in [3.8, 4) is 17.2 Å². The minimum Gasteiger partial charge on any atom is -0.496 e. The topological polar surface area (TPSA) is 56.8 Å². The molecule has 0 saturated carbocycles. The molecule has 0 unspecified atom stereocenters. The first kappa shape index (κ1) is 19.9. The lowest BCUT2D eigenvalue weighted by atomic mass is 9.96. The normalized spacial score (nSPS) is 10.6. The molecular weight excluding hydrogens is 354 g/mol. The van der Waals surface area contributed by atoms with Crippen LogP contribution in [0.15, 0.2) is 24.3 Å². The zero-order chi connectivity index (χ0) is 19.4. The zero-order valence-electron chi connectivity index (χ0n) is 15.9. The number of amides is 1. The number of aryl methyl sites for hydroxylation is 1. The molecule has 6 heteroatoms. The lowest BCUT2D eigenvalue weighted by molar-refractivity contribution is 0.102. The van der Waals surface area contributed by atoms with Crippen molar-refractivity contribution in [2.45, 2.75) is 26.7 Å². The van der Waals surface area contributed by atoms with Crippen LogP contribution in [0.3, 0.4) is 0 Å². The summed E-state index contributed by atoms with van der Waals surface area (Å²) < 4.78 is 16.0. The van der Waals surface area contributed by atoms with Crippen LogP contribution in [0.25, 0.3) is 0 Å². The number of anilines is 1. The maximum atomic E-state index is 12.9. The Morgan fingerprint density at radius 1 is 0.962 bits per heavy atom. The predicted octanol–water partition coefficient (Wildman–Crippen LogP) is 5.05. The van der Waals surface area contributed by atoms with Gasteiger partial charge in [0.2, 0.25) is 0 Å². The summed E-state index contributed by atoms with van der Waals surface area (Å²) in [6.07, 6.45) is 0. The van der Waals surface area contributed by atoms with Crippen molar-refractivity contribution >= 4 is 23.2 Å². The fraction of sp³-hybridized carbons (Fsp3) is 0.350. The van der Waals surface area contributed by atoms with E-state index in [1.54, 1.807) is 19.2 Å². The average Bonchev–Trinajstić information content (AvgIpc) is 2.61. The van der Waals surface area contributed by atoms with Gasteiger partial charge in [-0.15, -0.1) is 0 Å². The molecule has 2 aromatic carbocycles. The van der Waals surface area contributed by atoms with Gasteiger partial charge in [0.1, 0.15) is 17.2 Å². The molecule has 0 aliphatic heterocycles. The maximum Gasteiger partial charge on any atom is 0.256 e. The number of carbonyl (C=O) groups excluding carboxylic acids is 1. The second-order valence-corrected chi connectivity index (χ2v) is 6.61. The molecule has 2 rings (SSSR count). The number of hydrogen-bond acceptors (Lipinski definition) is 4. The number of methoxy groups -OCH3 is 3. The van der Waals surface area contributed by atoms with E-state index in [0.717, 1.165) is 16.9 Å². The second kappa shape index (κ2) is 8.32. The van der Waals surface area contributed by atoms with Crippen molar-refractivity contribution in [1.29, 1.82) is 0 Å². The minimum atomic E-state index is -0.241. The Morgan fingerprint density at radius 2 is 1.58 bits per heavy atom. The smallest absolute Gasteiger partial charge is 0.256 e. The van der Waals surface area contributed by atoms with E-state index in [0.29, 0.717) is 27.8 Å². The van der Waals surface area contributed by atoms with E-state index >= 15 is 0 Å². The van der Waals surface area contributed by atoms with E-state index in [2.05, 4.69) is 19.2 Å². The van der Waals surface area contributed by atoms with Gasteiger partial charge in [0.15, 0.2) is 0 Å². The van der Waals surface area contributed by atoms with E-state index in [-0.39, 0.29) is 11.8 Å². The summed E-state index contributed by atoms with van der Waals surface area (Å²) >= 11 is 6.12. The number of benzene rings is 2. The fourth-order valence-electron chi connectivity index (χ4n) is 2.72. The number of rotatable bonds is 6. The predicted molar refractivity (Wildman–Crippen MR) is 104 cm³/mol. The lowest BCUT2D eigenvalue weighted by Crippen LogP contribution is -2.15. The summed E-state index contributed by atoms with van der Waals surface area (Å²) in [5, 5.41) is 3.29. The molecule has 0 aliphatic carbocycles. The molecule has 0 fully saturated rings. The number of hydrogen-bond donors (Lipinski definition) is 1. The number of carbonyl (C=O) groups is 1. The van der Waals surface area contributed by atoms with Crippen molar-refractivity contribution in [2.24, 2.45) is 0 Å². The summed E-state index contributed by atoms with van der Waals surface area (Å²) in [5.74, 6) is 1.67. The summed E-state index contributed by atoms with van der Waals surface area (Å²) in [7, 11) is 4.66. The van der Waals surface area contributed by atoms with Crippen molar-refractivity contribution in [3.05, 3.63) is 46.0 Å². The maximum absolute atomic E-state index is 12.9. The number of ether oxygens (including phenoxy) is 3. The van der Waals surface area contributed by atoms with E-state index < -0.39 is 0 Å². The second-order valence-electron chi connectivity index (χ2n) is 6.20. The lowest BCUT2D eigenvalue weighted by Gasteiger charge is -2.17. The Balaban J connectivity index is 2.43. The van der Waals surface area contributed by atoms with Crippen LogP contribution < -0.4 is 19.5 Å². The van der Waals surface area contributed by atoms with Crippen molar-refractivity contribution in [3.63, 3.8) is 0 Å². The van der Waals surface area contributed by atoms with E-state index in [1.165, 1.54) is 14.2 Å². The molecule has 0 radical (unpaired) electrons. The van der Waals surface area contributed by atoms with E-state index in [9.17, 15) is 4.79 Å². The number of halogens is 1. The third-order valence-corrected chi connectivity index (χ3v) is 4.46. The van der Waals surface area contributed by atoms with Crippen molar-refractivity contribution in [2.75, 3.05) is 26.6 Å². The largest absolute Gasteiger partial charge is 0.496 e. The van der Waals surface area contributed by atoms with Crippen LogP contribution in [0.1, 0.15) is 41.3 Å². The van der Waals surface area contributed by atoms with Gasteiger partial charge in [-0.2, -0.15) is 0 Å². The van der Waals surface area contributed by atoms with E-state index in [4.69, 9.17) is 25.8 Å². The summed E-state index contributed by atoms with van der Waals surface area (Å²) in [6.45, 7) is 5.99. The highest BCUT2D eigenvalue weighted by atomic mass is 35.5. The van der Waals surface area contributed by atoms with E-state index in [1.807, 2.05) is 19.1 Å². The third kappa shape index (κ3) is 4.05. The first-order valence-corrected chi connectivity index (χ1v) is 8.61. The quantitative estimate of drug-likeness (QED) is 0.765. The van der Waals surface area contributed by atoms with Crippen LogP contribution >= 0.6 is 11.6 Å². The molecule has 0 heterocycles. The van der Waals surface area contributed by atoms with Gasteiger partial charge < -0.3 is 19.5 Å². The summed E-state index contributed by atoms with van der Waals surface area (Å²) in [4.78, 5) is 12.9. The first-order valence-electron chi connectivity index (χ1n) is 8.23. The van der Waals surface area contributed by atoms with Crippen LogP contribution in [0.2, 0.25) is 5.02 Å². The average molecular weight is 378 g/mol. The Bertz CT molecular complexity index is 818. The molecule has 0 aliphatic rings. The molecule has 2 aromatic rings. The van der Waals surface area contributed by atoms with Crippen LogP contribution in [0.5, 0.6) is 17.2 Å². The summed E-state index contributed by atoms with van der Waals surface area (Å²) in [6, 6.07) is 7.00. The van der Waals surface area contributed by atoms with Crippen molar-refractivity contribution < 1.29 is 19.0 Å². The molecule has 26 heavy (non-hydrogen) atoms.